The van der Waals surface area contributed by atoms with Crippen LogP contribution < -0.4 is 0 Å². The zero-order valence-corrected chi connectivity index (χ0v) is 12.8. The van der Waals surface area contributed by atoms with Gasteiger partial charge in [0.25, 0.3) is 5.91 Å². The van der Waals surface area contributed by atoms with Crippen molar-refractivity contribution in [2.75, 3.05) is 6.54 Å². The van der Waals surface area contributed by atoms with Crippen molar-refractivity contribution in [1.82, 2.24) is 14.3 Å². The van der Waals surface area contributed by atoms with E-state index in [0.29, 0.717) is 17.8 Å². The minimum atomic E-state index is -0.596. The summed E-state index contributed by atoms with van der Waals surface area (Å²) < 4.78 is 14.9. The van der Waals surface area contributed by atoms with E-state index in [2.05, 4.69) is 4.98 Å². The molecule has 0 aliphatic carbocycles. The number of halogens is 1. The molecule has 1 aliphatic heterocycles. The van der Waals surface area contributed by atoms with Gasteiger partial charge >= 0.3 is 0 Å². The largest absolute Gasteiger partial charge is 0.391 e. The number of benzene rings is 1. The van der Waals surface area contributed by atoms with Crippen LogP contribution in [-0.2, 0) is 0 Å². The van der Waals surface area contributed by atoms with Crippen LogP contribution in [0.2, 0.25) is 0 Å². The summed E-state index contributed by atoms with van der Waals surface area (Å²) >= 11 is 0. The number of aliphatic hydroxyl groups excluding tert-OH is 1. The maximum absolute atomic E-state index is 13.1. The number of hydrogen-bond acceptors (Lipinski definition) is 3. The predicted molar refractivity (Wildman–Crippen MR) is 86.0 cm³/mol. The lowest BCUT2D eigenvalue weighted by Crippen LogP contribution is -2.32. The molecule has 1 amide bonds. The van der Waals surface area contributed by atoms with Gasteiger partial charge in [0.2, 0.25) is 0 Å². The molecule has 4 rings (SSSR count). The van der Waals surface area contributed by atoms with Gasteiger partial charge in [-0.05, 0) is 36.2 Å². The molecule has 1 aliphatic rings. The first kappa shape index (κ1) is 14.8. The molecule has 6 heteroatoms. The van der Waals surface area contributed by atoms with E-state index in [1.165, 1.54) is 12.1 Å². The van der Waals surface area contributed by atoms with Gasteiger partial charge in [0, 0.05) is 18.9 Å². The Morgan fingerprint density at radius 2 is 2.00 bits per heavy atom. The first-order valence-corrected chi connectivity index (χ1v) is 7.80. The van der Waals surface area contributed by atoms with E-state index in [9.17, 15) is 14.3 Å². The van der Waals surface area contributed by atoms with E-state index in [1.54, 1.807) is 27.6 Å². The highest BCUT2D eigenvalue weighted by molar-refractivity contribution is 5.93. The SMILES string of the molecule is O=C(c1cn2ccccc2n1)N1C[C@H](O)C[C@@H]1c1ccc(F)cc1. The first-order valence-electron chi connectivity index (χ1n) is 7.80. The standard InChI is InChI=1S/C18H16FN3O2/c19-13-6-4-12(5-7-13)16-9-14(23)10-22(16)18(24)15-11-21-8-2-1-3-17(21)20-15/h1-8,11,14,16,23H,9-10H2/t14-,16-/m1/s1. The molecule has 0 saturated carbocycles. The molecule has 0 unspecified atom stereocenters. The lowest BCUT2D eigenvalue weighted by Gasteiger charge is -2.24. The van der Waals surface area contributed by atoms with Crippen molar-refractivity contribution >= 4 is 11.6 Å². The highest BCUT2D eigenvalue weighted by Crippen LogP contribution is 2.33. The second-order valence-electron chi connectivity index (χ2n) is 6.01. The number of carbonyl (C=O) groups excluding carboxylic acids is 1. The zero-order valence-electron chi connectivity index (χ0n) is 12.8. The molecule has 122 valence electrons. The normalized spacial score (nSPS) is 20.7. The number of hydrogen-bond donors (Lipinski definition) is 1. The first-order chi connectivity index (χ1) is 11.6. The van der Waals surface area contributed by atoms with Gasteiger partial charge in [-0.25, -0.2) is 9.37 Å². The number of imidazole rings is 1. The van der Waals surface area contributed by atoms with Gasteiger partial charge in [0.15, 0.2) is 0 Å². The Hall–Kier alpha value is -2.73. The summed E-state index contributed by atoms with van der Waals surface area (Å²) in [6.45, 7) is 0.245. The van der Waals surface area contributed by atoms with Crippen molar-refractivity contribution in [1.29, 1.82) is 0 Å². The van der Waals surface area contributed by atoms with Gasteiger partial charge in [-0.2, -0.15) is 0 Å². The van der Waals surface area contributed by atoms with Crippen LogP contribution in [0.4, 0.5) is 4.39 Å². The van der Waals surface area contributed by atoms with E-state index in [4.69, 9.17) is 0 Å². The number of aromatic nitrogens is 2. The molecule has 1 N–H and O–H groups in total. The van der Waals surface area contributed by atoms with Crippen LogP contribution in [0.3, 0.4) is 0 Å². The van der Waals surface area contributed by atoms with Crippen molar-refractivity contribution in [3.63, 3.8) is 0 Å². The molecule has 3 aromatic rings. The fraction of sp³-hybridized carbons (Fsp3) is 0.222. The third-order valence-corrected chi connectivity index (χ3v) is 4.38. The van der Waals surface area contributed by atoms with Crippen LogP contribution in [0, 0.1) is 5.82 Å². The Kier molecular flexibility index (Phi) is 3.54. The minimum Gasteiger partial charge on any atom is -0.391 e. The minimum absolute atomic E-state index is 0.232. The van der Waals surface area contributed by atoms with Gasteiger partial charge < -0.3 is 14.4 Å². The fourth-order valence-electron chi connectivity index (χ4n) is 3.22. The summed E-state index contributed by atoms with van der Waals surface area (Å²) in [5.41, 5.74) is 1.84. The topological polar surface area (TPSA) is 57.8 Å². The van der Waals surface area contributed by atoms with Gasteiger partial charge in [-0.15, -0.1) is 0 Å². The third-order valence-electron chi connectivity index (χ3n) is 4.38. The lowest BCUT2D eigenvalue weighted by molar-refractivity contribution is 0.0710. The van der Waals surface area contributed by atoms with Crippen LogP contribution in [0.5, 0.6) is 0 Å². The fourth-order valence-corrected chi connectivity index (χ4v) is 3.22. The van der Waals surface area contributed by atoms with E-state index in [1.807, 2.05) is 24.4 Å². The summed E-state index contributed by atoms with van der Waals surface area (Å²) in [4.78, 5) is 18.8. The van der Waals surface area contributed by atoms with Gasteiger partial charge in [0.1, 0.15) is 17.2 Å². The van der Waals surface area contributed by atoms with E-state index < -0.39 is 6.10 Å². The summed E-state index contributed by atoms with van der Waals surface area (Å²) in [6.07, 6.45) is 3.35. The summed E-state index contributed by atoms with van der Waals surface area (Å²) in [7, 11) is 0. The molecule has 5 nitrogen and oxygen atoms in total. The van der Waals surface area contributed by atoms with Crippen molar-refractivity contribution in [3.8, 4) is 0 Å². The van der Waals surface area contributed by atoms with Crippen LogP contribution in [-0.4, -0.2) is 37.9 Å². The highest BCUT2D eigenvalue weighted by Gasteiger charge is 2.36. The maximum atomic E-state index is 13.1. The monoisotopic (exact) mass is 325 g/mol. The Morgan fingerprint density at radius 3 is 2.75 bits per heavy atom. The number of rotatable bonds is 2. The van der Waals surface area contributed by atoms with Gasteiger partial charge in [-0.1, -0.05) is 18.2 Å². The van der Waals surface area contributed by atoms with Crippen molar-refractivity contribution in [2.24, 2.45) is 0 Å². The third kappa shape index (κ3) is 2.55. The number of nitrogens with zero attached hydrogens (tertiary/aromatic N) is 3. The van der Waals surface area contributed by atoms with Gasteiger partial charge in [-0.3, -0.25) is 4.79 Å². The molecule has 1 fully saturated rings. The number of aliphatic hydroxyl groups is 1. The number of likely N-dealkylation sites (tertiary alicyclic amines) is 1. The number of carbonyl (C=O) groups is 1. The smallest absolute Gasteiger partial charge is 0.274 e. The molecule has 2 atom stereocenters. The van der Waals surface area contributed by atoms with Crippen LogP contribution >= 0.6 is 0 Å². The molecule has 0 radical (unpaired) electrons. The predicted octanol–water partition coefficient (Wildman–Crippen LogP) is 2.42. The zero-order chi connectivity index (χ0) is 16.7. The number of β-amino-alcohol motifs (C(OH)–C–C–N with tert-alkyl or cyclic N) is 1. The van der Waals surface area contributed by atoms with E-state index in [0.717, 1.165) is 5.56 Å². The van der Waals surface area contributed by atoms with Crippen molar-refractivity contribution in [3.05, 3.63) is 71.9 Å². The molecule has 1 aromatic carbocycles. The molecule has 1 saturated heterocycles. The van der Waals surface area contributed by atoms with E-state index >= 15 is 0 Å². The Balaban J connectivity index is 1.67. The van der Waals surface area contributed by atoms with Gasteiger partial charge in [0.05, 0.1) is 12.1 Å². The summed E-state index contributed by atoms with van der Waals surface area (Å²) in [6, 6.07) is 11.3. The number of amides is 1. The van der Waals surface area contributed by atoms with Crippen LogP contribution in [0.25, 0.3) is 5.65 Å². The molecule has 24 heavy (non-hydrogen) atoms. The highest BCUT2D eigenvalue weighted by atomic mass is 19.1. The number of fused-ring (bicyclic) bond motifs is 1. The molecule has 2 aromatic heterocycles. The second-order valence-corrected chi connectivity index (χ2v) is 6.01. The van der Waals surface area contributed by atoms with E-state index in [-0.39, 0.29) is 24.3 Å². The van der Waals surface area contributed by atoms with Crippen molar-refractivity contribution < 1.29 is 14.3 Å². The molecular formula is C18H16FN3O2. The summed E-state index contributed by atoms with van der Waals surface area (Å²) in [5.74, 6) is -0.555. The average molecular weight is 325 g/mol. The molecule has 0 bridgehead atoms. The Labute approximate surface area is 138 Å². The quantitative estimate of drug-likeness (QED) is 0.787. The van der Waals surface area contributed by atoms with Crippen molar-refractivity contribution in [2.45, 2.75) is 18.6 Å². The molecule has 0 spiro atoms. The summed E-state index contributed by atoms with van der Waals surface area (Å²) in [5, 5.41) is 10.0. The maximum Gasteiger partial charge on any atom is 0.274 e. The molecular weight excluding hydrogens is 309 g/mol. The second kappa shape index (κ2) is 5.72. The Bertz CT molecular complexity index is 858. The van der Waals surface area contributed by atoms with Crippen LogP contribution in [0.1, 0.15) is 28.5 Å². The average Bonchev–Trinajstić information content (AvgIpc) is 3.18. The lowest BCUT2D eigenvalue weighted by atomic mass is 10.0. The van der Waals surface area contributed by atoms with Crippen LogP contribution in [0.15, 0.2) is 54.9 Å². The number of pyridine rings is 1. The molecule has 3 heterocycles. The Morgan fingerprint density at radius 1 is 1.21 bits per heavy atom.